The molecule has 0 saturated carbocycles. The van der Waals surface area contributed by atoms with E-state index in [9.17, 15) is 10.1 Å². The first-order valence-electron chi connectivity index (χ1n) is 6.37. The number of thiophene rings is 1. The van der Waals surface area contributed by atoms with E-state index in [2.05, 4.69) is 25.7 Å². The maximum atomic E-state index is 10.7. The van der Waals surface area contributed by atoms with Crippen LogP contribution in [0, 0.1) is 15.5 Å². The van der Waals surface area contributed by atoms with Gasteiger partial charge in [0.05, 0.1) is 4.92 Å². The van der Waals surface area contributed by atoms with E-state index in [-0.39, 0.29) is 21.9 Å². The fourth-order valence-electron chi connectivity index (χ4n) is 1.98. The first-order valence-corrected chi connectivity index (χ1v) is 7.25. The standard InChI is InChI=1S/C13H22N2O3S/c1-13(2,3)10-14(5-4-6-16)8-11-7-12(15(17)18)19-9-11/h7,9,16H,4-6,8,10H2,1-3H3. The van der Waals surface area contributed by atoms with Crippen LogP contribution in [0.2, 0.25) is 0 Å². The van der Waals surface area contributed by atoms with Crippen LogP contribution in [0.25, 0.3) is 0 Å². The van der Waals surface area contributed by atoms with Gasteiger partial charge in [-0.25, -0.2) is 0 Å². The molecule has 0 saturated heterocycles. The van der Waals surface area contributed by atoms with Crippen LogP contribution < -0.4 is 0 Å². The van der Waals surface area contributed by atoms with E-state index in [4.69, 9.17) is 5.11 Å². The van der Waals surface area contributed by atoms with Crippen LogP contribution >= 0.6 is 11.3 Å². The molecule has 0 spiro atoms. The fraction of sp³-hybridized carbons (Fsp3) is 0.692. The SMILES string of the molecule is CC(C)(C)CN(CCCO)Cc1csc([N+](=O)[O-])c1. The molecule has 0 aromatic carbocycles. The summed E-state index contributed by atoms with van der Waals surface area (Å²) in [4.78, 5) is 12.6. The van der Waals surface area contributed by atoms with E-state index in [0.717, 1.165) is 25.1 Å². The lowest BCUT2D eigenvalue weighted by atomic mass is 9.96. The van der Waals surface area contributed by atoms with Gasteiger partial charge in [-0.1, -0.05) is 32.1 Å². The van der Waals surface area contributed by atoms with E-state index in [1.165, 1.54) is 11.3 Å². The molecule has 1 heterocycles. The molecule has 5 nitrogen and oxygen atoms in total. The van der Waals surface area contributed by atoms with Crippen molar-refractivity contribution in [3.63, 3.8) is 0 Å². The molecule has 0 unspecified atom stereocenters. The predicted octanol–water partition coefficient (Wildman–Crippen LogP) is 2.89. The molecular weight excluding hydrogens is 264 g/mol. The molecule has 0 amide bonds. The van der Waals surface area contributed by atoms with Crippen molar-refractivity contribution < 1.29 is 10.0 Å². The molecule has 0 aliphatic heterocycles. The molecular formula is C13H22N2O3S. The van der Waals surface area contributed by atoms with Crippen molar-refractivity contribution in [1.82, 2.24) is 4.90 Å². The highest BCUT2D eigenvalue weighted by atomic mass is 32.1. The second-order valence-corrected chi connectivity index (χ2v) is 6.79. The minimum atomic E-state index is -0.351. The van der Waals surface area contributed by atoms with E-state index in [0.29, 0.717) is 6.54 Å². The third kappa shape index (κ3) is 6.13. The van der Waals surface area contributed by atoms with Crippen LogP contribution in [0.1, 0.15) is 32.8 Å². The number of hydrogen-bond acceptors (Lipinski definition) is 5. The van der Waals surface area contributed by atoms with Crippen molar-refractivity contribution in [3.05, 3.63) is 27.1 Å². The summed E-state index contributed by atoms with van der Waals surface area (Å²) in [6, 6.07) is 1.64. The Kier molecular flexibility index (Phi) is 5.90. The highest BCUT2D eigenvalue weighted by Gasteiger charge is 2.18. The van der Waals surface area contributed by atoms with Gasteiger partial charge in [-0.15, -0.1) is 0 Å². The largest absolute Gasteiger partial charge is 0.396 e. The molecule has 0 fully saturated rings. The van der Waals surface area contributed by atoms with Crippen LogP contribution in [-0.2, 0) is 6.54 Å². The molecule has 1 N–H and O–H groups in total. The molecule has 1 aromatic heterocycles. The van der Waals surface area contributed by atoms with Gasteiger partial charge in [-0.3, -0.25) is 15.0 Å². The van der Waals surface area contributed by atoms with Gasteiger partial charge in [-0.05, 0) is 17.4 Å². The molecule has 0 aliphatic rings. The van der Waals surface area contributed by atoms with Crippen LogP contribution in [0.4, 0.5) is 5.00 Å². The predicted molar refractivity (Wildman–Crippen MR) is 77.4 cm³/mol. The van der Waals surface area contributed by atoms with E-state index in [1.54, 1.807) is 6.07 Å². The Morgan fingerprint density at radius 1 is 1.47 bits per heavy atom. The Hall–Kier alpha value is -0.980. The molecule has 0 aliphatic carbocycles. The van der Waals surface area contributed by atoms with Gasteiger partial charge < -0.3 is 5.11 Å². The quantitative estimate of drug-likeness (QED) is 0.618. The number of aliphatic hydroxyl groups excluding tert-OH is 1. The summed E-state index contributed by atoms with van der Waals surface area (Å²) in [6.45, 7) is 9.05. The van der Waals surface area contributed by atoms with Crippen molar-refractivity contribution in [2.24, 2.45) is 5.41 Å². The van der Waals surface area contributed by atoms with E-state index >= 15 is 0 Å². The summed E-state index contributed by atoms with van der Waals surface area (Å²) in [5.41, 5.74) is 1.14. The smallest absolute Gasteiger partial charge is 0.324 e. The molecule has 1 aromatic rings. The monoisotopic (exact) mass is 286 g/mol. The second kappa shape index (κ2) is 6.98. The highest BCUT2D eigenvalue weighted by molar-refractivity contribution is 7.13. The summed E-state index contributed by atoms with van der Waals surface area (Å²) in [5, 5.41) is 21.6. The van der Waals surface area contributed by atoms with E-state index in [1.807, 2.05) is 5.38 Å². The number of hydrogen-bond donors (Lipinski definition) is 1. The summed E-state index contributed by atoms with van der Waals surface area (Å²) < 4.78 is 0. The van der Waals surface area contributed by atoms with Gasteiger partial charge in [-0.2, -0.15) is 0 Å². The lowest BCUT2D eigenvalue weighted by Crippen LogP contribution is -2.33. The van der Waals surface area contributed by atoms with E-state index < -0.39 is 0 Å². The van der Waals surface area contributed by atoms with Crippen molar-refractivity contribution in [2.45, 2.75) is 33.7 Å². The zero-order valence-corrected chi connectivity index (χ0v) is 12.6. The van der Waals surface area contributed by atoms with Crippen molar-refractivity contribution in [3.8, 4) is 0 Å². The first-order chi connectivity index (χ1) is 8.81. The third-order valence-electron chi connectivity index (χ3n) is 2.56. The number of nitrogens with zero attached hydrogens (tertiary/aromatic N) is 2. The lowest BCUT2D eigenvalue weighted by molar-refractivity contribution is -0.380. The average Bonchev–Trinajstić information content (AvgIpc) is 2.72. The fourth-order valence-corrected chi connectivity index (χ4v) is 2.70. The van der Waals surface area contributed by atoms with Gasteiger partial charge >= 0.3 is 5.00 Å². The van der Waals surface area contributed by atoms with Gasteiger partial charge in [0.25, 0.3) is 0 Å². The second-order valence-electron chi connectivity index (χ2n) is 5.90. The molecule has 0 radical (unpaired) electrons. The zero-order valence-electron chi connectivity index (χ0n) is 11.8. The molecule has 19 heavy (non-hydrogen) atoms. The summed E-state index contributed by atoms with van der Waals surface area (Å²) in [7, 11) is 0. The summed E-state index contributed by atoms with van der Waals surface area (Å²) in [5.74, 6) is 0. The highest BCUT2D eigenvalue weighted by Crippen LogP contribution is 2.25. The maximum absolute atomic E-state index is 10.7. The molecule has 6 heteroatoms. The number of rotatable bonds is 7. The van der Waals surface area contributed by atoms with Gasteiger partial charge in [0, 0.05) is 37.7 Å². The van der Waals surface area contributed by atoms with Crippen LogP contribution in [-0.4, -0.2) is 34.6 Å². The van der Waals surface area contributed by atoms with Crippen LogP contribution in [0.15, 0.2) is 11.4 Å². The Bertz CT molecular complexity index is 412. The van der Waals surface area contributed by atoms with Crippen LogP contribution in [0.5, 0.6) is 0 Å². The zero-order chi connectivity index (χ0) is 14.5. The topological polar surface area (TPSA) is 66.6 Å². The molecule has 0 atom stereocenters. The molecule has 0 bridgehead atoms. The Balaban J connectivity index is 2.66. The number of aliphatic hydroxyl groups is 1. The van der Waals surface area contributed by atoms with Gasteiger partial charge in [0.15, 0.2) is 0 Å². The molecule has 1 rings (SSSR count). The minimum Gasteiger partial charge on any atom is -0.396 e. The number of nitro groups is 1. The van der Waals surface area contributed by atoms with Crippen molar-refractivity contribution in [1.29, 1.82) is 0 Å². The average molecular weight is 286 g/mol. The van der Waals surface area contributed by atoms with Gasteiger partial charge in [0.2, 0.25) is 0 Å². The first kappa shape index (κ1) is 16.1. The minimum absolute atomic E-state index is 0.164. The van der Waals surface area contributed by atoms with Gasteiger partial charge in [0.1, 0.15) is 0 Å². The summed E-state index contributed by atoms with van der Waals surface area (Å²) in [6.07, 6.45) is 0.725. The van der Waals surface area contributed by atoms with Crippen molar-refractivity contribution in [2.75, 3.05) is 19.7 Å². The Morgan fingerprint density at radius 3 is 2.63 bits per heavy atom. The summed E-state index contributed by atoms with van der Waals surface area (Å²) >= 11 is 1.17. The van der Waals surface area contributed by atoms with Crippen LogP contribution in [0.3, 0.4) is 0 Å². The Morgan fingerprint density at radius 2 is 2.16 bits per heavy atom. The lowest BCUT2D eigenvalue weighted by Gasteiger charge is -2.29. The van der Waals surface area contributed by atoms with Crippen molar-refractivity contribution >= 4 is 16.3 Å². The molecule has 108 valence electrons. The third-order valence-corrected chi connectivity index (χ3v) is 3.49. The Labute approximate surface area is 118 Å². The normalized spacial score (nSPS) is 12.1. The maximum Gasteiger partial charge on any atom is 0.324 e.